The number of ketones is 1. The minimum Gasteiger partial charge on any atom is -0.507 e. The molecule has 11 heteroatoms. The Bertz CT molecular complexity index is 1430. The number of nitro groups is 1. The summed E-state index contributed by atoms with van der Waals surface area (Å²) >= 11 is 0.860. The Balaban J connectivity index is 1.94. The second-order valence-corrected chi connectivity index (χ2v) is 9.00. The topological polar surface area (TPSA) is 140 Å². The average Bonchev–Trinajstić information content (AvgIpc) is 3.36. The van der Waals surface area contributed by atoms with Crippen LogP contribution >= 0.6 is 11.3 Å². The Morgan fingerprint density at radius 1 is 1.19 bits per heavy atom. The summed E-state index contributed by atoms with van der Waals surface area (Å²) < 4.78 is 5.05. The highest BCUT2D eigenvalue weighted by Gasteiger charge is 2.48. The highest BCUT2D eigenvalue weighted by Crippen LogP contribution is 2.44. The molecule has 1 atom stereocenters. The van der Waals surface area contributed by atoms with Crippen molar-refractivity contribution in [1.29, 1.82) is 0 Å². The second kappa shape index (κ2) is 9.70. The van der Waals surface area contributed by atoms with Gasteiger partial charge in [0.25, 0.3) is 11.5 Å². The van der Waals surface area contributed by atoms with E-state index in [1.54, 1.807) is 38.1 Å². The van der Waals surface area contributed by atoms with Gasteiger partial charge in [-0.25, -0.2) is 9.78 Å². The Hall–Kier alpha value is -4.38. The summed E-state index contributed by atoms with van der Waals surface area (Å²) in [7, 11) is 0. The van der Waals surface area contributed by atoms with Crippen LogP contribution in [0.5, 0.6) is 0 Å². The van der Waals surface area contributed by atoms with Gasteiger partial charge >= 0.3 is 11.9 Å². The van der Waals surface area contributed by atoms with Gasteiger partial charge < -0.3 is 9.84 Å². The lowest BCUT2D eigenvalue weighted by Crippen LogP contribution is -2.29. The first-order chi connectivity index (χ1) is 17.1. The van der Waals surface area contributed by atoms with Gasteiger partial charge in [0.2, 0.25) is 0 Å². The molecule has 1 amide bonds. The highest BCUT2D eigenvalue weighted by atomic mass is 32.1. The van der Waals surface area contributed by atoms with Crippen LogP contribution in [0.1, 0.15) is 45.0 Å². The summed E-state index contributed by atoms with van der Waals surface area (Å²) in [4.78, 5) is 55.2. The molecule has 0 spiro atoms. The van der Waals surface area contributed by atoms with Crippen LogP contribution in [0.3, 0.4) is 0 Å². The number of rotatable bonds is 6. The van der Waals surface area contributed by atoms with Gasteiger partial charge in [0, 0.05) is 17.7 Å². The fourth-order valence-corrected chi connectivity index (χ4v) is 4.88. The molecule has 1 saturated heterocycles. The maximum atomic E-state index is 13.3. The number of esters is 1. The quantitative estimate of drug-likeness (QED) is 0.129. The van der Waals surface area contributed by atoms with E-state index in [4.69, 9.17) is 4.74 Å². The van der Waals surface area contributed by atoms with E-state index in [2.05, 4.69) is 4.98 Å². The molecule has 0 aliphatic carbocycles. The summed E-state index contributed by atoms with van der Waals surface area (Å²) in [5.41, 5.74) is 1.25. The Morgan fingerprint density at radius 3 is 2.53 bits per heavy atom. The zero-order chi connectivity index (χ0) is 26.1. The molecule has 184 valence electrons. The lowest BCUT2D eigenvalue weighted by molar-refractivity contribution is -0.384. The van der Waals surface area contributed by atoms with Crippen LogP contribution < -0.4 is 4.90 Å². The van der Waals surface area contributed by atoms with Crippen LogP contribution in [-0.2, 0) is 14.3 Å². The lowest BCUT2D eigenvalue weighted by atomic mass is 9.95. The molecule has 36 heavy (non-hydrogen) atoms. The number of non-ortho nitro benzene ring substituents is 1. The van der Waals surface area contributed by atoms with Crippen molar-refractivity contribution in [2.24, 2.45) is 0 Å². The van der Waals surface area contributed by atoms with Gasteiger partial charge in [-0.2, -0.15) is 0 Å². The largest absolute Gasteiger partial charge is 0.507 e. The number of nitrogens with zero attached hydrogens (tertiary/aromatic N) is 3. The molecule has 4 rings (SSSR count). The maximum absolute atomic E-state index is 13.3. The molecule has 0 unspecified atom stereocenters. The van der Waals surface area contributed by atoms with Crippen molar-refractivity contribution in [1.82, 2.24) is 4.98 Å². The Kier molecular flexibility index (Phi) is 6.67. The van der Waals surface area contributed by atoms with E-state index in [-0.39, 0.29) is 33.4 Å². The van der Waals surface area contributed by atoms with Gasteiger partial charge in [-0.3, -0.25) is 24.6 Å². The third kappa shape index (κ3) is 4.36. The summed E-state index contributed by atoms with van der Waals surface area (Å²) in [6.07, 6.45) is 0. The number of aromatic nitrogens is 1. The van der Waals surface area contributed by atoms with E-state index in [0.29, 0.717) is 11.3 Å². The summed E-state index contributed by atoms with van der Waals surface area (Å²) in [6, 6.07) is 10.9. The molecule has 1 aliphatic heterocycles. The number of hydrogen-bond donors (Lipinski definition) is 1. The van der Waals surface area contributed by atoms with Crippen molar-refractivity contribution in [3.05, 3.63) is 91.5 Å². The number of carbonyl (C=O) groups is 3. The number of aryl methyl sites for hydroxylation is 2. The fourth-order valence-electron chi connectivity index (χ4n) is 3.89. The molecule has 1 fully saturated rings. The Morgan fingerprint density at radius 2 is 1.89 bits per heavy atom. The SMILES string of the molecule is CCOC(=O)c1sc(N2C(=O)C(=O)C(=C(O)c3ccc(C)cc3)[C@H]2c2cccc([N+](=O)[O-])c2)nc1C. The molecule has 2 heterocycles. The number of aliphatic hydroxyl groups excluding tert-OH is 1. The van der Waals surface area contributed by atoms with Crippen LogP contribution in [0.15, 0.2) is 54.1 Å². The van der Waals surface area contributed by atoms with E-state index >= 15 is 0 Å². The van der Waals surface area contributed by atoms with Crippen molar-refractivity contribution >= 4 is 45.6 Å². The predicted molar refractivity (Wildman–Crippen MR) is 132 cm³/mol. The smallest absolute Gasteiger partial charge is 0.350 e. The van der Waals surface area contributed by atoms with E-state index < -0.39 is 34.4 Å². The van der Waals surface area contributed by atoms with Crippen molar-refractivity contribution in [2.75, 3.05) is 11.5 Å². The predicted octanol–water partition coefficient (Wildman–Crippen LogP) is 4.47. The molecule has 1 N–H and O–H groups in total. The average molecular weight is 508 g/mol. The Labute approximate surface area is 209 Å². The normalized spacial score (nSPS) is 16.9. The number of hydrogen-bond acceptors (Lipinski definition) is 9. The first-order valence-corrected chi connectivity index (χ1v) is 11.7. The zero-order valence-electron chi connectivity index (χ0n) is 19.5. The third-order valence-electron chi connectivity index (χ3n) is 5.62. The summed E-state index contributed by atoms with van der Waals surface area (Å²) in [6.45, 7) is 5.22. The maximum Gasteiger partial charge on any atom is 0.350 e. The van der Waals surface area contributed by atoms with Crippen LogP contribution in [0.4, 0.5) is 10.8 Å². The van der Waals surface area contributed by atoms with Crippen molar-refractivity contribution in [2.45, 2.75) is 26.8 Å². The number of aliphatic hydroxyl groups is 1. The highest BCUT2D eigenvalue weighted by molar-refractivity contribution is 7.17. The number of Topliss-reactive ketones (excluding diaryl/α,β-unsaturated/α-hetero) is 1. The van der Waals surface area contributed by atoms with Gasteiger partial charge in [0.1, 0.15) is 10.6 Å². The van der Waals surface area contributed by atoms with E-state index in [1.807, 2.05) is 6.92 Å². The third-order valence-corrected chi connectivity index (χ3v) is 6.76. The van der Waals surface area contributed by atoms with Gasteiger partial charge in [0.15, 0.2) is 5.13 Å². The number of anilines is 1. The monoisotopic (exact) mass is 507 g/mol. The minimum absolute atomic E-state index is 0.0251. The first kappa shape index (κ1) is 24.7. The molecule has 10 nitrogen and oxygen atoms in total. The van der Waals surface area contributed by atoms with Crippen LogP contribution in [0.2, 0.25) is 0 Å². The molecule has 0 radical (unpaired) electrons. The molecular weight excluding hydrogens is 486 g/mol. The van der Waals surface area contributed by atoms with Crippen LogP contribution in [-0.4, -0.2) is 39.3 Å². The number of benzene rings is 2. The molecule has 3 aromatic rings. The number of nitro benzene ring substituents is 1. The summed E-state index contributed by atoms with van der Waals surface area (Å²) in [5.74, 6) is -3.01. The van der Waals surface area contributed by atoms with Gasteiger partial charge in [-0.1, -0.05) is 53.3 Å². The molecule has 0 saturated carbocycles. The van der Waals surface area contributed by atoms with Crippen LogP contribution in [0.25, 0.3) is 5.76 Å². The van der Waals surface area contributed by atoms with E-state index in [1.165, 1.54) is 24.3 Å². The second-order valence-electron chi connectivity index (χ2n) is 8.02. The number of ether oxygens (including phenoxy) is 1. The van der Waals surface area contributed by atoms with Crippen molar-refractivity contribution < 1.29 is 29.2 Å². The van der Waals surface area contributed by atoms with Gasteiger partial charge in [-0.05, 0) is 26.3 Å². The number of thiazole rings is 1. The molecule has 1 aliphatic rings. The molecular formula is C25H21N3O7S. The van der Waals surface area contributed by atoms with Gasteiger partial charge in [0.05, 0.1) is 28.8 Å². The first-order valence-electron chi connectivity index (χ1n) is 10.9. The zero-order valence-corrected chi connectivity index (χ0v) is 20.4. The van der Waals surface area contributed by atoms with E-state index in [9.17, 15) is 29.6 Å². The molecule has 0 bridgehead atoms. The standard InChI is InChI=1S/C25H21N3O7S/c1-4-35-24(32)22-14(3)26-25(36-22)27-19(16-6-5-7-17(12-16)28(33)34)18(21(30)23(27)31)20(29)15-10-8-13(2)9-11-15/h5-12,19,29H,4H2,1-3H3/t19-/m1/s1. The number of carbonyl (C=O) groups excluding carboxylic acids is 3. The van der Waals surface area contributed by atoms with Crippen molar-refractivity contribution in [3.63, 3.8) is 0 Å². The van der Waals surface area contributed by atoms with Crippen LogP contribution in [0, 0.1) is 24.0 Å². The minimum atomic E-state index is -1.22. The van der Waals surface area contributed by atoms with Gasteiger partial charge in [-0.15, -0.1) is 0 Å². The lowest BCUT2D eigenvalue weighted by Gasteiger charge is -2.22. The van der Waals surface area contributed by atoms with Crippen molar-refractivity contribution in [3.8, 4) is 0 Å². The molecule has 2 aromatic carbocycles. The number of amides is 1. The molecule has 1 aromatic heterocycles. The summed E-state index contributed by atoms with van der Waals surface area (Å²) in [5, 5.41) is 22.6. The fraction of sp³-hybridized carbons (Fsp3) is 0.200. The van der Waals surface area contributed by atoms with E-state index in [0.717, 1.165) is 21.8 Å².